The summed E-state index contributed by atoms with van der Waals surface area (Å²) in [6.45, 7) is 1.60. The van der Waals surface area contributed by atoms with Crippen LogP contribution in [0, 0.1) is 5.92 Å². The number of pyridine rings is 1. The monoisotopic (exact) mass is 254 g/mol. The third kappa shape index (κ3) is 3.66. The van der Waals surface area contributed by atoms with Crippen molar-refractivity contribution in [3.05, 3.63) is 29.0 Å². The number of nitrogens with one attached hydrogen (secondary N) is 1. The van der Waals surface area contributed by atoms with Gasteiger partial charge in [-0.05, 0) is 30.4 Å². The Labute approximate surface area is 107 Å². The maximum atomic E-state index is 9.84. The third-order valence-corrected chi connectivity index (χ3v) is 3.79. The maximum absolute atomic E-state index is 9.84. The van der Waals surface area contributed by atoms with Gasteiger partial charge in [0.05, 0.1) is 11.1 Å². The van der Waals surface area contributed by atoms with Gasteiger partial charge in [-0.3, -0.25) is 4.98 Å². The molecule has 4 heteroatoms. The van der Waals surface area contributed by atoms with Crippen LogP contribution < -0.4 is 5.32 Å². The average Bonchev–Trinajstić information content (AvgIpc) is 2.34. The van der Waals surface area contributed by atoms with Gasteiger partial charge < -0.3 is 10.4 Å². The van der Waals surface area contributed by atoms with Gasteiger partial charge in [-0.15, -0.1) is 0 Å². The molecule has 1 aliphatic rings. The SMILES string of the molecule is OC1CCCCC1CNCc1ccncc1Cl. The second-order valence-electron chi connectivity index (χ2n) is 4.71. The standard InChI is InChI=1S/C13H19ClN2O/c14-12-9-15-6-5-10(12)7-16-8-11-3-1-2-4-13(11)17/h5-6,9,11,13,16-17H,1-4,7-8H2. The summed E-state index contributed by atoms with van der Waals surface area (Å²) in [6.07, 6.45) is 7.74. The summed E-state index contributed by atoms with van der Waals surface area (Å²) in [4.78, 5) is 3.96. The van der Waals surface area contributed by atoms with Crippen LogP contribution in [0.15, 0.2) is 18.5 Å². The molecule has 2 unspecified atom stereocenters. The Kier molecular flexibility index (Phi) is 4.77. The number of nitrogens with zero attached hydrogens (tertiary/aromatic N) is 1. The largest absolute Gasteiger partial charge is 0.393 e. The van der Waals surface area contributed by atoms with Crippen molar-refractivity contribution in [1.29, 1.82) is 0 Å². The fourth-order valence-electron chi connectivity index (χ4n) is 2.37. The lowest BCUT2D eigenvalue weighted by atomic mass is 9.86. The lowest BCUT2D eigenvalue weighted by Gasteiger charge is -2.27. The highest BCUT2D eigenvalue weighted by Gasteiger charge is 2.22. The topological polar surface area (TPSA) is 45.1 Å². The van der Waals surface area contributed by atoms with Crippen molar-refractivity contribution in [1.82, 2.24) is 10.3 Å². The molecule has 0 spiro atoms. The number of aliphatic hydroxyl groups excluding tert-OH is 1. The van der Waals surface area contributed by atoms with Gasteiger partial charge in [-0.25, -0.2) is 0 Å². The molecule has 17 heavy (non-hydrogen) atoms. The number of aliphatic hydroxyl groups is 1. The van der Waals surface area contributed by atoms with E-state index in [2.05, 4.69) is 10.3 Å². The van der Waals surface area contributed by atoms with Crippen molar-refractivity contribution in [3.8, 4) is 0 Å². The van der Waals surface area contributed by atoms with Crippen molar-refractivity contribution in [3.63, 3.8) is 0 Å². The summed E-state index contributed by atoms with van der Waals surface area (Å²) >= 11 is 6.02. The van der Waals surface area contributed by atoms with Crippen molar-refractivity contribution >= 4 is 11.6 Å². The molecule has 2 atom stereocenters. The Morgan fingerprint density at radius 1 is 1.41 bits per heavy atom. The Morgan fingerprint density at radius 3 is 3.00 bits per heavy atom. The zero-order chi connectivity index (χ0) is 12.1. The van der Waals surface area contributed by atoms with Gasteiger partial charge in [0.2, 0.25) is 0 Å². The molecule has 1 aromatic rings. The number of hydrogen-bond acceptors (Lipinski definition) is 3. The lowest BCUT2D eigenvalue weighted by Crippen LogP contribution is -2.33. The predicted molar refractivity (Wildman–Crippen MR) is 68.9 cm³/mol. The first-order valence-electron chi connectivity index (χ1n) is 6.24. The molecule has 1 saturated carbocycles. The zero-order valence-corrected chi connectivity index (χ0v) is 10.7. The van der Waals surface area contributed by atoms with E-state index >= 15 is 0 Å². The molecule has 2 rings (SSSR count). The Balaban J connectivity index is 1.77. The smallest absolute Gasteiger partial charge is 0.0634 e. The first-order chi connectivity index (χ1) is 8.27. The van der Waals surface area contributed by atoms with E-state index in [4.69, 9.17) is 11.6 Å². The van der Waals surface area contributed by atoms with Crippen LogP contribution in [0.2, 0.25) is 5.02 Å². The summed E-state index contributed by atoms with van der Waals surface area (Å²) in [7, 11) is 0. The minimum absolute atomic E-state index is 0.135. The Hall–Kier alpha value is -0.640. The van der Waals surface area contributed by atoms with E-state index in [9.17, 15) is 5.11 Å². The molecule has 1 fully saturated rings. The van der Waals surface area contributed by atoms with Crippen LogP contribution in [-0.2, 0) is 6.54 Å². The predicted octanol–water partition coefficient (Wildman–Crippen LogP) is 2.38. The molecule has 2 N–H and O–H groups in total. The van der Waals surface area contributed by atoms with Gasteiger partial charge in [0.1, 0.15) is 0 Å². The fourth-order valence-corrected chi connectivity index (χ4v) is 2.55. The lowest BCUT2D eigenvalue weighted by molar-refractivity contribution is 0.0695. The van der Waals surface area contributed by atoms with E-state index in [0.29, 0.717) is 10.9 Å². The molecule has 0 bridgehead atoms. The van der Waals surface area contributed by atoms with Crippen LogP contribution in [0.1, 0.15) is 31.2 Å². The molecule has 0 amide bonds. The summed E-state index contributed by atoms with van der Waals surface area (Å²) in [5.41, 5.74) is 1.06. The molecule has 1 heterocycles. The van der Waals surface area contributed by atoms with E-state index in [1.165, 1.54) is 6.42 Å². The van der Waals surface area contributed by atoms with Gasteiger partial charge in [0.15, 0.2) is 0 Å². The maximum Gasteiger partial charge on any atom is 0.0634 e. The van der Waals surface area contributed by atoms with E-state index in [-0.39, 0.29) is 6.10 Å². The number of aromatic nitrogens is 1. The highest BCUT2D eigenvalue weighted by Crippen LogP contribution is 2.23. The van der Waals surface area contributed by atoms with Gasteiger partial charge in [0, 0.05) is 25.5 Å². The summed E-state index contributed by atoms with van der Waals surface area (Å²) in [6, 6.07) is 1.92. The van der Waals surface area contributed by atoms with Crippen LogP contribution in [0.4, 0.5) is 0 Å². The van der Waals surface area contributed by atoms with Crippen LogP contribution in [0.3, 0.4) is 0 Å². The number of rotatable bonds is 4. The summed E-state index contributed by atoms with van der Waals surface area (Å²) in [5, 5.41) is 13.9. The molecule has 0 aliphatic heterocycles. The highest BCUT2D eigenvalue weighted by atomic mass is 35.5. The molecule has 0 radical (unpaired) electrons. The van der Waals surface area contributed by atoms with Crippen molar-refractivity contribution in [2.75, 3.05) is 6.54 Å². The van der Waals surface area contributed by atoms with Gasteiger partial charge >= 0.3 is 0 Å². The fraction of sp³-hybridized carbons (Fsp3) is 0.615. The zero-order valence-electron chi connectivity index (χ0n) is 9.90. The van der Waals surface area contributed by atoms with E-state index in [1.54, 1.807) is 12.4 Å². The molecular formula is C13H19ClN2O. The quantitative estimate of drug-likeness (QED) is 0.867. The van der Waals surface area contributed by atoms with E-state index < -0.39 is 0 Å². The Bertz CT molecular complexity index is 359. The second kappa shape index (κ2) is 6.34. The average molecular weight is 255 g/mol. The third-order valence-electron chi connectivity index (χ3n) is 3.45. The van der Waals surface area contributed by atoms with Crippen molar-refractivity contribution in [2.24, 2.45) is 5.92 Å². The van der Waals surface area contributed by atoms with Gasteiger partial charge in [-0.1, -0.05) is 24.4 Å². The molecule has 1 aliphatic carbocycles. The summed E-state index contributed by atoms with van der Waals surface area (Å²) in [5.74, 6) is 0.393. The minimum atomic E-state index is -0.135. The highest BCUT2D eigenvalue weighted by molar-refractivity contribution is 6.31. The molecule has 3 nitrogen and oxygen atoms in total. The van der Waals surface area contributed by atoms with Crippen LogP contribution in [0.5, 0.6) is 0 Å². The molecular weight excluding hydrogens is 236 g/mol. The minimum Gasteiger partial charge on any atom is -0.393 e. The normalized spacial score (nSPS) is 24.8. The first-order valence-corrected chi connectivity index (χ1v) is 6.62. The second-order valence-corrected chi connectivity index (χ2v) is 5.12. The van der Waals surface area contributed by atoms with E-state index in [0.717, 1.165) is 37.9 Å². The molecule has 0 saturated heterocycles. The van der Waals surface area contributed by atoms with Crippen LogP contribution in [-0.4, -0.2) is 22.7 Å². The van der Waals surface area contributed by atoms with Gasteiger partial charge in [-0.2, -0.15) is 0 Å². The number of hydrogen-bond donors (Lipinski definition) is 2. The van der Waals surface area contributed by atoms with Crippen molar-refractivity contribution < 1.29 is 5.11 Å². The van der Waals surface area contributed by atoms with Gasteiger partial charge in [0.25, 0.3) is 0 Å². The molecule has 0 aromatic carbocycles. The van der Waals surface area contributed by atoms with Crippen LogP contribution >= 0.6 is 11.6 Å². The first kappa shape index (κ1) is 12.8. The summed E-state index contributed by atoms with van der Waals surface area (Å²) < 4.78 is 0. The Morgan fingerprint density at radius 2 is 2.24 bits per heavy atom. The molecule has 94 valence electrons. The number of halogens is 1. The molecule has 1 aromatic heterocycles. The van der Waals surface area contributed by atoms with Crippen LogP contribution in [0.25, 0.3) is 0 Å². The van der Waals surface area contributed by atoms with E-state index in [1.807, 2.05) is 6.07 Å². The van der Waals surface area contributed by atoms with Crippen molar-refractivity contribution in [2.45, 2.75) is 38.3 Å².